The van der Waals surface area contributed by atoms with Gasteiger partial charge in [0.2, 0.25) is 0 Å². The molecule has 0 radical (unpaired) electrons. The van der Waals surface area contributed by atoms with Gasteiger partial charge in [-0.2, -0.15) is 0 Å². The van der Waals surface area contributed by atoms with Crippen LogP contribution < -0.4 is 0 Å². The Kier molecular flexibility index (Phi) is 2.54. The number of carboxylic acids is 1. The van der Waals surface area contributed by atoms with Crippen LogP contribution in [0.3, 0.4) is 0 Å². The third kappa shape index (κ3) is 1.58. The minimum absolute atomic E-state index is 0.0155. The van der Waals surface area contributed by atoms with Gasteiger partial charge in [-0.05, 0) is 25.0 Å². The minimum atomic E-state index is -0.711. The van der Waals surface area contributed by atoms with Gasteiger partial charge in [0.25, 0.3) is 0 Å². The Morgan fingerprint density at radius 1 is 1.50 bits per heavy atom. The fourth-order valence-corrected chi connectivity index (χ4v) is 2.94. The predicted molar refractivity (Wildman–Crippen MR) is 66.2 cm³/mol. The fourth-order valence-electron chi connectivity index (χ4n) is 2.94. The Bertz CT molecular complexity index is 605. The van der Waals surface area contributed by atoms with Crippen molar-refractivity contribution in [3.8, 4) is 0 Å². The number of pyridine rings is 1. The average molecular weight is 245 g/mol. The second-order valence-electron chi connectivity index (χ2n) is 4.86. The van der Waals surface area contributed by atoms with Crippen molar-refractivity contribution in [1.29, 1.82) is 0 Å². The normalized spacial score (nSPS) is 23.6. The zero-order chi connectivity index (χ0) is 12.7. The number of hydrogen-bond donors (Lipinski definition) is 1. The van der Waals surface area contributed by atoms with Crippen molar-refractivity contribution in [2.45, 2.75) is 25.2 Å². The fraction of sp³-hybridized carbons (Fsp3) is 0.462. The number of nitrogens with zero attached hydrogens (tertiary/aromatic N) is 3. The van der Waals surface area contributed by atoms with Crippen LogP contribution in [0.15, 0.2) is 18.3 Å². The first-order valence-electron chi connectivity index (χ1n) is 6.18. The molecule has 0 saturated heterocycles. The van der Waals surface area contributed by atoms with E-state index in [9.17, 15) is 9.90 Å². The monoisotopic (exact) mass is 245 g/mol. The summed E-state index contributed by atoms with van der Waals surface area (Å²) >= 11 is 0. The summed E-state index contributed by atoms with van der Waals surface area (Å²) in [6.07, 6.45) is 4.31. The first kappa shape index (κ1) is 11.2. The van der Waals surface area contributed by atoms with E-state index in [0.717, 1.165) is 30.6 Å². The van der Waals surface area contributed by atoms with Crippen molar-refractivity contribution in [2.75, 3.05) is 0 Å². The molecule has 2 heterocycles. The first-order chi connectivity index (χ1) is 8.68. The van der Waals surface area contributed by atoms with Gasteiger partial charge in [-0.15, -0.1) is 0 Å². The molecule has 2 aromatic rings. The first-order valence-corrected chi connectivity index (χ1v) is 6.18. The minimum Gasteiger partial charge on any atom is -0.481 e. The molecule has 0 aliphatic heterocycles. The van der Waals surface area contributed by atoms with Gasteiger partial charge in [-0.3, -0.25) is 4.79 Å². The number of carboxylic acid groups (broad SMARTS) is 1. The zero-order valence-corrected chi connectivity index (χ0v) is 10.2. The number of carbonyl (C=O) groups is 1. The highest BCUT2D eigenvalue weighted by Crippen LogP contribution is 2.39. The van der Waals surface area contributed by atoms with Gasteiger partial charge in [0.15, 0.2) is 5.65 Å². The van der Waals surface area contributed by atoms with E-state index in [1.54, 1.807) is 6.20 Å². The van der Waals surface area contributed by atoms with Crippen LogP contribution in [0.2, 0.25) is 0 Å². The third-order valence-electron chi connectivity index (χ3n) is 3.86. The molecule has 3 rings (SSSR count). The van der Waals surface area contributed by atoms with Crippen LogP contribution in [0.4, 0.5) is 0 Å². The van der Waals surface area contributed by atoms with E-state index < -0.39 is 5.97 Å². The van der Waals surface area contributed by atoms with Gasteiger partial charge in [0.1, 0.15) is 5.82 Å². The van der Waals surface area contributed by atoms with E-state index >= 15 is 0 Å². The molecule has 1 aliphatic rings. The van der Waals surface area contributed by atoms with Gasteiger partial charge in [-0.25, -0.2) is 9.97 Å². The summed E-state index contributed by atoms with van der Waals surface area (Å²) in [4.78, 5) is 20.0. The number of hydrogen-bond acceptors (Lipinski definition) is 3. The van der Waals surface area contributed by atoms with E-state index in [1.165, 1.54) is 0 Å². The summed E-state index contributed by atoms with van der Waals surface area (Å²) in [5.41, 5.74) is 1.66. The molecule has 18 heavy (non-hydrogen) atoms. The smallest absolute Gasteiger partial charge is 0.307 e. The molecule has 94 valence electrons. The molecule has 1 aliphatic carbocycles. The zero-order valence-electron chi connectivity index (χ0n) is 10.2. The number of aryl methyl sites for hydroxylation is 1. The standard InChI is InChI=1S/C13H15N3O2/c1-16-10-6-3-7-14-11(10)15-12(16)8-4-2-5-9(8)13(17)18/h3,6-9H,2,4-5H2,1H3,(H,17,18). The maximum Gasteiger partial charge on any atom is 0.307 e. The van der Waals surface area contributed by atoms with Crippen molar-refractivity contribution in [1.82, 2.24) is 14.5 Å². The Morgan fingerprint density at radius 2 is 2.33 bits per heavy atom. The maximum atomic E-state index is 11.3. The molecule has 0 amide bonds. The van der Waals surface area contributed by atoms with E-state index in [2.05, 4.69) is 9.97 Å². The van der Waals surface area contributed by atoms with Crippen LogP contribution in [0, 0.1) is 5.92 Å². The van der Waals surface area contributed by atoms with Gasteiger partial charge < -0.3 is 9.67 Å². The average Bonchev–Trinajstić information content (AvgIpc) is 2.94. The molecular weight excluding hydrogens is 230 g/mol. The lowest BCUT2D eigenvalue weighted by atomic mass is 9.95. The second-order valence-corrected chi connectivity index (χ2v) is 4.86. The molecule has 2 aromatic heterocycles. The van der Waals surface area contributed by atoms with E-state index in [-0.39, 0.29) is 11.8 Å². The molecule has 5 nitrogen and oxygen atoms in total. The number of aromatic nitrogens is 3. The molecular formula is C13H15N3O2. The molecule has 2 atom stereocenters. The lowest BCUT2D eigenvalue weighted by molar-refractivity contribution is -0.142. The summed E-state index contributed by atoms with van der Waals surface area (Å²) in [6.45, 7) is 0. The number of fused-ring (bicyclic) bond motifs is 1. The Balaban J connectivity index is 2.09. The molecule has 0 aromatic carbocycles. The second kappa shape index (κ2) is 4.08. The van der Waals surface area contributed by atoms with Crippen LogP contribution in [-0.4, -0.2) is 25.6 Å². The lowest BCUT2D eigenvalue weighted by Crippen LogP contribution is -2.19. The van der Waals surface area contributed by atoms with Crippen molar-refractivity contribution in [3.05, 3.63) is 24.2 Å². The highest BCUT2D eigenvalue weighted by molar-refractivity contribution is 5.74. The summed E-state index contributed by atoms with van der Waals surface area (Å²) in [6, 6.07) is 3.83. The van der Waals surface area contributed by atoms with Crippen molar-refractivity contribution < 1.29 is 9.90 Å². The summed E-state index contributed by atoms with van der Waals surface area (Å²) in [7, 11) is 1.93. The number of imidazole rings is 1. The van der Waals surface area contributed by atoms with Crippen LogP contribution >= 0.6 is 0 Å². The van der Waals surface area contributed by atoms with E-state index in [0.29, 0.717) is 5.65 Å². The molecule has 2 unspecified atom stereocenters. The summed E-state index contributed by atoms with van der Waals surface area (Å²) < 4.78 is 1.98. The Morgan fingerprint density at radius 3 is 3.06 bits per heavy atom. The van der Waals surface area contributed by atoms with Crippen LogP contribution in [0.1, 0.15) is 31.0 Å². The highest BCUT2D eigenvalue weighted by Gasteiger charge is 2.36. The van der Waals surface area contributed by atoms with E-state index in [4.69, 9.17) is 0 Å². The summed E-state index contributed by atoms with van der Waals surface area (Å²) in [5, 5.41) is 9.26. The predicted octanol–water partition coefficient (Wildman–Crippen LogP) is 1.94. The Labute approximate surface area is 104 Å². The molecule has 1 fully saturated rings. The SMILES string of the molecule is Cn1c(C2CCCC2C(=O)O)nc2ncccc21. The van der Waals surface area contributed by atoms with Crippen LogP contribution in [-0.2, 0) is 11.8 Å². The highest BCUT2D eigenvalue weighted by atomic mass is 16.4. The van der Waals surface area contributed by atoms with Crippen LogP contribution in [0.5, 0.6) is 0 Å². The molecule has 0 bridgehead atoms. The third-order valence-corrected chi connectivity index (χ3v) is 3.86. The van der Waals surface area contributed by atoms with Gasteiger partial charge >= 0.3 is 5.97 Å². The lowest BCUT2D eigenvalue weighted by Gasteiger charge is -2.15. The molecule has 1 saturated carbocycles. The molecule has 1 N–H and O–H groups in total. The van der Waals surface area contributed by atoms with Gasteiger partial charge in [0, 0.05) is 19.2 Å². The molecule has 0 spiro atoms. The van der Waals surface area contributed by atoms with E-state index in [1.807, 2.05) is 23.7 Å². The van der Waals surface area contributed by atoms with Crippen LogP contribution in [0.25, 0.3) is 11.2 Å². The maximum absolute atomic E-state index is 11.3. The molecule has 5 heteroatoms. The van der Waals surface area contributed by atoms with Crippen molar-refractivity contribution in [3.63, 3.8) is 0 Å². The quantitative estimate of drug-likeness (QED) is 0.877. The van der Waals surface area contributed by atoms with Crippen molar-refractivity contribution in [2.24, 2.45) is 13.0 Å². The number of aliphatic carboxylic acids is 1. The van der Waals surface area contributed by atoms with Gasteiger partial charge in [-0.1, -0.05) is 6.42 Å². The largest absolute Gasteiger partial charge is 0.481 e. The topological polar surface area (TPSA) is 68.0 Å². The van der Waals surface area contributed by atoms with Crippen molar-refractivity contribution >= 4 is 17.1 Å². The Hall–Kier alpha value is -1.91. The summed E-state index contributed by atoms with van der Waals surface area (Å²) in [5.74, 6) is -0.145. The number of rotatable bonds is 2. The van der Waals surface area contributed by atoms with Gasteiger partial charge in [0.05, 0.1) is 11.4 Å².